The van der Waals surface area contributed by atoms with Crippen molar-refractivity contribution in [2.75, 3.05) is 0 Å². The summed E-state index contributed by atoms with van der Waals surface area (Å²) < 4.78 is 27.2. The zero-order valence-electron chi connectivity index (χ0n) is 10.8. The zero-order valence-corrected chi connectivity index (χ0v) is 11.6. The number of halogens is 2. The van der Waals surface area contributed by atoms with E-state index in [1.807, 2.05) is 17.5 Å². The van der Waals surface area contributed by atoms with Gasteiger partial charge in [0.1, 0.15) is 5.54 Å². The molecule has 1 heterocycles. The number of rotatable bonds is 5. The zero-order chi connectivity index (χ0) is 14.8. The molecule has 0 radical (unpaired) electrons. The van der Waals surface area contributed by atoms with Gasteiger partial charge < -0.3 is 5.73 Å². The Labute approximate surface area is 119 Å². The number of amides is 1. The van der Waals surface area contributed by atoms with E-state index >= 15 is 0 Å². The fraction of sp³-hybridized carbons (Fsp3) is 0.214. The van der Waals surface area contributed by atoms with Gasteiger partial charge >= 0.3 is 0 Å². The van der Waals surface area contributed by atoms with E-state index in [1.165, 1.54) is 30.4 Å². The number of hydrogen-bond donors (Lipinski definition) is 2. The minimum Gasteiger partial charge on any atom is -0.368 e. The lowest BCUT2D eigenvalue weighted by Gasteiger charge is -2.28. The summed E-state index contributed by atoms with van der Waals surface area (Å²) in [5.74, 6) is -2.83. The fourth-order valence-electron chi connectivity index (χ4n) is 1.88. The predicted octanol–water partition coefficient (Wildman–Crippen LogP) is 2.52. The number of hydrogen-bond acceptors (Lipinski definition) is 3. The van der Waals surface area contributed by atoms with Crippen LogP contribution < -0.4 is 11.1 Å². The number of benzene rings is 1. The van der Waals surface area contributed by atoms with E-state index in [4.69, 9.17) is 5.73 Å². The first-order valence-corrected chi connectivity index (χ1v) is 6.85. The summed E-state index contributed by atoms with van der Waals surface area (Å²) in [5.41, 5.74) is 3.80. The Morgan fingerprint density at radius 3 is 2.70 bits per heavy atom. The highest BCUT2D eigenvalue weighted by Gasteiger charge is 2.36. The molecule has 3 N–H and O–H groups in total. The molecule has 106 valence electrons. The van der Waals surface area contributed by atoms with Gasteiger partial charge in [-0.25, -0.2) is 8.78 Å². The van der Waals surface area contributed by atoms with Crippen LogP contribution in [-0.2, 0) is 16.9 Å². The van der Waals surface area contributed by atoms with Crippen LogP contribution in [0.4, 0.5) is 8.78 Å². The summed E-state index contributed by atoms with van der Waals surface area (Å²) >= 11 is 1.50. The molecule has 1 unspecified atom stereocenters. The minimum absolute atomic E-state index is 0.0958. The quantitative estimate of drug-likeness (QED) is 0.891. The van der Waals surface area contributed by atoms with Crippen LogP contribution in [0.5, 0.6) is 0 Å². The van der Waals surface area contributed by atoms with E-state index in [0.29, 0.717) is 6.54 Å². The van der Waals surface area contributed by atoms with E-state index in [1.54, 1.807) is 0 Å². The van der Waals surface area contributed by atoms with E-state index in [9.17, 15) is 13.6 Å². The normalized spacial score (nSPS) is 13.9. The summed E-state index contributed by atoms with van der Waals surface area (Å²) in [6.45, 7) is 1.79. The molecule has 3 nitrogen and oxygen atoms in total. The molecule has 0 fully saturated rings. The molecule has 0 bridgehead atoms. The average Bonchev–Trinajstić information content (AvgIpc) is 2.92. The van der Waals surface area contributed by atoms with Crippen molar-refractivity contribution in [3.8, 4) is 0 Å². The molecule has 0 aliphatic carbocycles. The van der Waals surface area contributed by atoms with E-state index < -0.39 is 23.1 Å². The minimum atomic E-state index is -1.48. The Morgan fingerprint density at radius 1 is 1.35 bits per heavy atom. The third kappa shape index (κ3) is 2.71. The number of primary amides is 1. The lowest BCUT2D eigenvalue weighted by Crippen LogP contribution is -2.50. The maximum Gasteiger partial charge on any atom is 0.242 e. The van der Waals surface area contributed by atoms with E-state index in [2.05, 4.69) is 5.32 Å². The fourth-order valence-corrected chi connectivity index (χ4v) is 2.53. The molecule has 0 spiro atoms. The molecule has 2 rings (SSSR count). The first-order valence-electron chi connectivity index (χ1n) is 5.97. The number of thiophene rings is 1. The molecular weight excluding hydrogens is 282 g/mol. The van der Waals surface area contributed by atoms with Gasteiger partial charge in [-0.2, -0.15) is 0 Å². The van der Waals surface area contributed by atoms with Gasteiger partial charge in [-0.3, -0.25) is 10.1 Å². The van der Waals surface area contributed by atoms with Crippen molar-refractivity contribution in [3.05, 3.63) is 57.8 Å². The molecule has 1 aromatic carbocycles. The molecule has 1 amide bonds. The van der Waals surface area contributed by atoms with E-state index in [0.717, 1.165) is 10.9 Å². The molecular formula is C14H14F2N2OS. The van der Waals surface area contributed by atoms with Crippen LogP contribution in [0.15, 0.2) is 35.7 Å². The van der Waals surface area contributed by atoms with Crippen molar-refractivity contribution in [1.82, 2.24) is 5.32 Å². The van der Waals surface area contributed by atoms with Crippen molar-refractivity contribution in [3.63, 3.8) is 0 Å². The molecule has 1 atom stereocenters. The van der Waals surface area contributed by atoms with Crippen molar-refractivity contribution in [2.24, 2.45) is 5.73 Å². The maximum atomic E-state index is 13.9. The standard InChI is InChI=1S/C14H14F2N2OS/c1-14(13(17)19,18-8-9-4-3-7-20-9)10-5-2-6-11(15)12(10)16/h2-7,18H,8H2,1H3,(H2,17,19). The molecule has 2 aromatic rings. The van der Waals surface area contributed by atoms with E-state index in [-0.39, 0.29) is 5.56 Å². The van der Waals surface area contributed by atoms with Gasteiger partial charge in [0.2, 0.25) is 5.91 Å². The number of nitrogens with one attached hydrogen (secondary N) is 1. The highest BCUT2D eigenvalue weighted by atomic mass is 32.1. The number of carbonyl (C=O) groups is 1. The van der Waals surface area contributed by atoms with Crippen LogP contribution in [0.25, 0.3) is 0 Å². The molecule has 6 heteroatoms. The highest BCUT2D eigenvalue weighted by molar-refractivity contribution is 7.09. The summed E-state index contributed by atoms with van der Waals surface area (Å²) in [6, 6.07) is 7.44. The lowest BCUT2D eigenvalue weighted by molar-refractivity contribution is -0.124. The topological polar surface area (TPSA) is 55.1 Å². The Bertz CT molecular complexity index is 616. The van der Waals surface area contributed by atoms with Crippen molar-refractivity contribution in [1.29, 1.82) is 0 Å². The summed E-state index contributed by atoms with van der Waals surface area (Å²) in [6.07, 6.45) is 0. The van der Waals surface area contributed by atoms with Gasteiger partial charge in [-0.05, 0) is 24.4 Å². The SMILES string of the molecule is CC(NCc1cccs1)(C(N)=O)c1cccc(F)c1F. The second-order valence-electron chi connectivity index (χ2n) is 4.52. The third-order valence-corrected chi connectivity index (χ3v) is 4.06. The van der Waals surface area contributed by atoms with Crippen LogP contribution in [-0.4, -0.2) is 5.91 Å². The molecule has 0 aliphatic heterocycles. The Kier molecular flexibility index (Phi) is 4.15. The van der Waals surface area contributed by atoms with Crippen LogP contribution in [0.3, 0.4) is 0 Å². The Morgan fingerprint density at radius 2 is 2.10 bits per heavy atom. The molecule has 0 aliphatic rings. The third-order valence-electron chi connectivity index (χ3n) is 3.18. The second-order valence-corrected chi connectivity index (χ2v) is 5.56. The average molecular weight is 296 g/mol. The van der Waals surface area contributed by atoms with Crippen molar-refractivity contribution >= 4 is 17.2 Å². The van der Waals surface area contributed by atoms with Crippen molar-refractivity contribution in [2.45, 2.75) is 19.0 Å². The van der Waals surface area contributed by atoms with Crippen LogP contribution in [0.2, 0.25) is 0 Å². The first-order chi connectivity index (χ1) is 9.45. The number of carbonyl (C=O) groups excluding carboxylic acids is 1. The molecule has 20 heavy (non-hydrogen) atoms. The first kappa shape index (κ1) is 14.6. The summed E-state index contributed by atoms with van der Waals surface area (Å²) in [7, 11) is 0. The lowest BCUT2D eigenvalue weighted by atomic mass is 9.90. The summed E-state index contributed by atoms with van der Waals surface area (Å²) in [5, 5.41) is 4.80. The Hall–Kier alpha value is -1.79. The van der Waals surface area contributed by atoms with Crippen LogP contribution >= 0.6 is 11.3 Å². The highest BCUT2D eigenvalue weighted by Crippen LogP contribution is 2.26. The van der Waals surface area contributed by atoms with Gasteiger partial charge in [-0.1, -0.05) is 18.2 Å². The number of nitrogens with two attached hydrogens (primary N) is 1. The largest absolute Gasteiger partial charge is 0.368 e. The monoisotopic (exact) mass is 296 g/mol. The summed E-state index contributed by atoms with van der Waals surface area (Å²) in [4.78, 5) is 12.7. The van der Waals surface area contributed by atoms with Gasteiger partial charge in [0.25, 0.3) is 0 Å². The predicted molar refractivity (Wildman–Crippen MR) is 74.1 cm³/mol. The maximum absolute atomic E-state index is 13.9. The Balaban J connectivity index is 2.33. The molecule has 0 saturated heterocycles. The van der Waals surface area contributed by atoms with Crippen molar-refractivity contribution < 1.29 is 13.6 Å². The van der Waals surface area contributed by atoms with Crippen LogP contribution in [0.1, 0.15) is 17.4 Å². The van der Waals surface area contributed by atoms with Gasteiger partial charge in [0.15, 0.2) is 11.6 Å². The molecule has 0 saturated carbocycles. The van der Waals surface area contributed by atoms with Gasteiger partial charge in [0.05, 0.1) is 0 Å². The van der Waals surface area contributed by atoms with Crippen LogP contribution in [0, 0.1) is 11.6 Å². The van der Waals surface area contributed by atoms with Gasteiger partial charge in [-0.15, -0.1) is 11.3 Å². The second kappa shape index (κ2) is 5.68. The van der Waals surface area contributed by atoms with Gasteiger partial charge in [0, 0.05) is 17.0 Å². The molecule has 1 aromatic heterocycles. The smallest absolute Gasteiger partial charge is 0.242 e.